The molecule has 1 N–H and O–H groups in total. The number of sulfonamides is 1. The van der Waals surface area contributed by atoms with Crippen LogP contribution >= 0.6 is 0 Å². The van der Waals surface area contributed by atoms with Gasteiger partial charge in [-0.3, -0.25) is 0 Å². The average Bonchev–Trinajstić information content (AvgIpc) is 3.22. The Morgan fingerprint density at radius 2 is 2.10 bits per heavy atom. The molecule has 0 aromatic heterocycles. The summed E-state index contributed by atoms with van der Waals surface area (Å²) < 4.78 is 40.2. The molecule has 112 valence electrons. The van der Waals surface area contributed by atoms with E-state index in [1.807, 2.05) is 6.92 Å². The highest BCUT2D eigenvalue weighted by atomic mass is 32.2. The first-order valence-corrected chi connectivity index (χ1v) is 8.36. The van der Waals surface area contributed by atoms with Crippen molar-refractivity contribution >= 4 is 10.0 Å². The lowest BCUT2D eigenvalue weighted by Crippen LogP contribution is -2.32. The molecule has 0 heterocycles. The first-order chi connectivity index (χ1) is 9.48. The van der Waals surface area contributed by atoms with Crippen molar-refractivity contribution in [3.05, 3.63) is 29.6 Å². The molecule has 1 fully saturated rings. The summed E-state index contributed by atoms with van der Waals surface area (Å²) >= 11 is 0. The summed E-state index contributed by atoms with van der Waals surface area (Å²) in [5.41, 5.74) is 0.371. The zero-order chi connectivity index (χ0) is 14.8. The van der Waals surface area contributed by atoms with Crippen molar-refractivity contribution in [3.8, 4) is 0 Å². The topological polar surface area (TPSA) is 49.4 Å². The molecular weight excluding hydrogens is 279 g/mol. The van der Waals surface area contributed by atoms with Crippen LogP contribution in [-0.2, 0) is 16.6 Å². The molecule has 0 saturated heterocycles. The van der Waals surface area contributed by atoms with E-state index in [0.717, 1.165) is 12.8 Å². The summed E-state index contributed by atoms with van der Waals surface area (Å²) in [7, 11) is -1.82. The van der Waals surface area contributed by atoms with Gasteiger partial charge in [0.05, 0.1) is 4.90 Å². The third-order valence-corrected chi connectivity index (χ3v) is 5.47. The molecule has 0 aliphatic heterocycles. The summed E-state index contributed by atoms with van der Waals surface area (Å²) in [6.07, 6.45) is 2.20. The highest BCUT2D eigenvalue weighted by Gasteiger charge is 2.30. The Labute approximate surface area is 120 Å². The van der Waals surface area contributed by atoms with Crippen LogP contribution in [0.15, 0.2) is 23.1 Å². The molecular formula is C14H21FN2O2S. The van der Waals surface area contributed by atoms with E-state index in [1.165, 1.54) is 22.5 Å². The maximum absolute atomic E-state index is 13.6. The quantitative estimate of drug-likeness (QED) is 0.837. The van der Waals surface area contributed by atoms with Crippen LogP contribution in [0.2, 0.25) is 0 Å². The standard InChI is InChI=1S/C14H21FN2O2S/c1-3-17(10-11-4-5-11)20(18,19)13-6-7-14(15)12(8-13)9-16-2/h6-8,11,16H,3-5,9-10H2,1-2H3. The van der Waals surface area contributed by atoms with Crippen LogP contribution in [0, 0.1) is 11.7 Å². The van der Waals surface area contributed by atoms with Crippen LogP contribution in [0.1, 0.15) is 25.3 Å². The highest BCUT2D eigenvalue weighted by Crippen LogP contribution is 2.31. The summed E-state index contributed by atoms with van der Waals surface area (Å²) in [5.74, 6) is 0.102. The van der Waals surface area contributed by atoms with Gasteiger partial charge in [-0.05, 0) is 44.0 Å². The lowest BCUT2D eigenvalue weighted by molar-refractivity contribution is 0.412. The van der Waals surface area contributed by atoms with Crippen LogP contribution in [0.5, 0.6) is 0 Å². The number of nitrogens with zero attached hydrogens (tertiary/aromatic N) is 1. The van der Waals surface area contributed by atoms with Crippen LogP contribution < -0.4 is 5.32 Å². The summed E-state index contributed by atoms with van der Waals surface area (Å²) in [5, 5.41) is 2.84. The summed E-state index contributed by atoms with van der Waals surface area (Å²) in [6.45, 7) is 3.15. The average molecular weight is 300 g/mol. The minimum absolute atomic E-state index is 0.173. The smallest absolute Gasteiger partial charge is 0.243 e. The van der Waals surface area contributed by atoms with Gasteiger partial charge >= 0.3 is 0 Å². The van der Waals surface area contributed by atoms with E-state index in [0.29, 0.717) is 31.1 Å². The third-order valence-electron chi connectivity index (χ3n) is 3.53. The molecule has 1 aliphatic rings. The van der Waals surface area contributed by atoms with Gasteiger partial charge in [0.2, 0.25) is 10.0 Å². The molecule has 6 heteroatoms. The number of nitrogens with one attached hydrogen (secondary N) is 1. The lowest BCUT2D eigenvalue weighted by atomic mass is 10.2. The van der Waals surface area contributed by atoms with Crippen molar-refractivity contribution < 1.29 is 12.8 Å². The van der Waals surface area contributed by atoms with Crippen molar-refractivity contribution in [2.75, 3.05) is 20.1 Å². The maximum atomic E-state index is 13.6. The SMILES string of the molecule is CCN(CC1CC1)S(=O)(=O)c1ccc(F)c(CNC)c1. The Morgan fingerprint density at radius 1 is 1.40 bits per heavy atom. The van der Waals surface area contributed by atoms with Crippen LogP contribution in [-0.4, -0.2) is 32.9 Å². The summed E-state index contributed by atoms with van der Waals surface area (Å²) in [4.78, 5) is 0.173. The number of rotatable bonds is 7. The van der Waals surface area contributed by atoms with Gasteiger partial charge in [0, 0.05) is 25.2 Å². The van der Waals surface area contributed by atoms with Gasteiger partial charge in [-0.25, -0.2) is 12.8 Å². The summed E-state index contributed by atoms with van der Waals surface area (Å²) in [6, 6.07) is 4.00. The largest absolute Gasteiger partial charge is 0.316 e. The molecule has 20 heavy (non-hydrogen) atoms. The number of hydrogen-bond donors (Lipinski definition) is 1. The van der Waals surface area contributed by atoms with E-state index in [4.69, 9.17) is 0 Å². The molecule has 1 aromatic rings. The fourth-order valence-corrected chi connectivity index (χ4v) is 3.75. The highest BCUT2D eigenvalue weighted by molar-refractivity contribution is 7.89. The molecule has 0 radical (unpaired) electrons. The van der Waals surface area contributed by atoms with Gasteiger partial charge in [-0.1, -0.05) is 6.92 Å². The van der Waals surface area contributed by atoms with Gasteiger partial charge in [-0.15, -0.1) is 0 Å². The molecule has 0 bridgehead atoms. The van der Waals surface area contributed by atoms with Gasteiger partial charge in [0.15, 0.2) is 0 Å². The van der Waals surface area contributed by atoms with Crippen molar-refractivity contribution in [3.63, 3.8) is 0 Å². The molecule has 1 aliphatic carbocycles. The van der Waals surface area contributed by atoms with E-state index < -0.39 is 10.0 Å². The van der Waals surface area contributed by atoms with Crippen LogP contribution in [0.4, 0.5) is 4.39 Å². The Hall–Kier alpha value is -0.980. The van der Waals surface area contributed by atoms with Gasteiger partial charge < -0.3 is 5.32 Å². The molecule has 1 aromatic carbocycles. The fraction of sp³-hybridized carbons (Fsp3) is 0.571. The van der Waals surface area contributed by atoms with Crippen molar-refractivity contribution in [1.29, 1.82) is 0 Å². The molecule has 0 amide bonds. The Bertz CT molecular complexity index is 571. The zero-order valence-corrected chi connectivity index (χ0v) is 12.7. The van der Waals surface area contributed by atoms with E-state index >= 15 is 0 Å². The number of benzene rings is 1. The van der Waals surface area contributed by atoms with E-state index in [-0.39, 0.29) is 10.7 Å². The first kappa shape index (κ1) is 15.4. The Balaban J connectivity index is 2.29. The van der Waals surface area contributed by atoms with Crippen molar-refractivity contribution in [1.82, 2.24) is 9.62 Å². The van der Waals surface area contributed by atoms with Gasteiger partial charge in [0.25, 0.3) is 0 Å². The van der Waals surface area contributed by atoms with E-state index in [1.54, 1.807) is 7.05 Å². The number of halogens is 1. The normalized spacial score (nSPS) is 15.8. The number of hydrogen-bond acceptors (Lipinski definition) is 3. The molecule has 2 rings (SSSR count). The van der Waals surface area contributed by atoms with Crippen molar-refractivity contribution in [2.45, 2.75) is 31.2 Å². The molecule has 0 spiro atoms. The second-order valence-corrected chi connectivity index (χ2v) is 7.12. The second-order valence-electron chi connectivity index (χ2n) is 5.18. The monoisotopic (exact) mass is 300 g/mol. The predicted molar refractivity (Wildman–Crippen MR) is 76.3 cm³/mol. The molecule has 0 atom stereocenters. The van der Waals surface area contributed by atoms with Gasteiger partial charge in [-0.2, -0.15) is 4.31 Å². The van der Waals surface area contributed by atoms with E-state index in [9.17, 15) is 12.8 Å². The first-order valence-electron chi connectivity index (χ1n) is 6.92. The maximum Gasteiger partial charge on any atom is 0.243 e. The predicted octanol–water partition coefficient (Wildman–Crippen LogP) is 1.97. The Morgan fingerprint density at radius 3 is 2.65 bits per heavy atom. The Kier molecular flexibility index (Phi) is 4.78. The zero-order valence-electron chi connectivity index (χ0n) is 11.9. The van der Waals surface area contributed by atoms with Crippen LogP contribution in [0.3, 0.4) is 0 Å². The fourth-order valence-electron chi connectivity index (χ4n) is 2.17. The van der Waals surface area contributed by atoms with Crippen LogP contribution in [0.25, 0.3) is 0 Å². The van der Waals surface area contributed by atoms with Gasteiger partial charge in [0.1, 0.15) is 5.82 Å². The second kappa shape index (κ2) is 6.20. The lowest BCUT2D eigenvalue weighted by Gasteiger charge is -2.20. The minimum atomic E-state index is -3.52. The third kappa shape index (κ3) is 3.37. The molecule has 0 unspecified atom stereocenters. The molecule has 1 saturated carbocycles. The minimum Gasteiger partial charge on any atom is -0.316 e. The molecule has 4 nitrogen and oxygen atoms in total. The van der Waals surface area contributed by atoms with Crippen molar-refractivity contribution in [2.24, 2.45) is 5.92 Å². The van der Waals surface area contributed by atoms with E-state index in [2.05, 4.69) is 5.32 Å².